The van der Waals surface area contributed by atoms with Crippen molar-refractivity contribution in [3.05, 3.63) is 89.2 Å². The third kappa shape index (κ3) is 7.18. The van der Waals surface area contributed by atoms with Crippen molar-refractivity contribution < 1.29 is 22.3 Å². The normalized spacial score (nSPS) is 11.6. The molecule has 7 nitrogen and oxygen atoms in total. The molecule has 178 valence electrons. The minimum absolute atomic E-state index is 0.0484. The van der Waals surface area contributed by atoms with Crippen LogP contribution in [0, 0.1) is 5.82 Å². The van der Waals surface area contributed by atoms with E-state index in [1.807, 2.05) is 0 Å². The number of anilines is 2. The second-order valence-corrected chi connectivity index (χ2v) is 7.45. The van der Waals surface area contributed by atoms with Gasteiger partial charge in [0.15, 0.2) is 5.82 Å². The Morgan fingerprint density at radius 2 is 1.66 bits per heavy atom. The molecule has 0 bridgehead atoms. The van der Waals surface area contributed by atoms with Crippen LogP contribution in [0.4, 0.5) is 35.1 Å². The van der Waals surface area contributed by atoms with Gasteiger partial charge in [-0.1, -0.05) is 35.9 Å². The Balaban J connectivity index is 1.56. The summed E-state index contributed by atoms with van der Waals surface area (Å²) >= 11 is 5.92. The zero-order chi connectivity index (χ0) is 24.8. The number of aromatic nitrogens is 3. The standard InChI is InChI=1S/C23H15ClF4N6O/c24-16-6-8-18(9-7-16)30-21-31-20(15-2-1-3-17(25)12-15)32-22(33-21)34-29-13-14-4-10-19(11-5-14)35-23(26,27)28/h1-12H,13H2,(H,30,31,32,33). The predicted molar refractivity (Wildman–Crippen MR) is 121 cm³/mol. The van der Waals surface area contributed by atoms with E-state index < -0.39 is 12.2 Å². The minimum atomic E-state index is -4.77. The van der Waals surface area contributed by atoms with E-state index in [4.69, 9.17) is 11.6 Å². The molecule has 1 heterocycles. The molecule has 0 spiro atoms. The van der Waals surface area contributed by atoms with Crippen LogP contribution in [0.1, 0.15) is 5.56 Å². The molecule has 3 aromatic carbocycles. The lowest BCUT2D eigenvalue weighted by Crippen LogP contribution is -2.16. The second-order valence-electron chi connectivity index (χ2n) is 7.02. The number of nitrogens with one attached hydrogen (secondary N) is 1. The third-order valence-electron chi connectivity index (χ3n) is 4.38. The van der Waals surface area contributed by atoms with Gasteiger partial charge in [0, 0.05) is 16.3 Å². The molecule has 0 unspecified atom stereocenters. The monoisotopic (exact) mass is 502 g/mol. The quantitative estimate of drug-likeness (QED) is 0.212. The van der Waals surface area contributed by atoms with Crippen LogP contribution in [0.3, 0.4) is 0 Å². The van der Waals surface area contributed by atoms with Crippen molar-refractivity contribution in [1.82, 2.24) is 15.0 Å². The van der Waals surface area contributed by atoms with E-state index in [0.717, 1.165) is 0 Å². The number of alkyl halides is 3. The van der Waals surface area contributed by atoms with Crippen LogP contribution in [-0.2, 0) is 6.54 Å². The Hall–Kier alpha value is -4.12. The summed E-state index contributed by atoms with van der Waals surface area (Å²) in [5.41, 5.74) is 1.64. The lowest BCUT2D eigenvalue weighted by Gasteiger charge is -2.08. The minimum Gasteiger partial charge on any atom is -0.406 e. The molecular weight excluding hydrogens is 488 g/mol. The molecule has 35 heavy (non-hydrogen) atoms. The molecule has 12 heteroatoms. The number of azo groups is 1. The van der Waals surface area contributed by atoms with Crippen molar-refractivity contribution in [2.24, 2.45) is 10.2 Å². The number of halogens is 5. The van der Waals surface area contributed by atoms with E-state index in [1.165, 1.54) is 42.5 Å². The van der Waals surface area contributed by atoms with Crippen molar-refractivity contribution >= 4 is 29.2 Å². The SMILES string of the molecule is Fc1cccc(-c2nc(N=NCc3ccc(OC(F)(F)F)cc3)nc(Nc3ccc(Cl)cc3)n2)c1. The topological polar surface area (TPSA) is 84.7 Å². The van der Waals surface area contributed by atoms with Crippen molar-refractivity contribution in [1.29, 1.82) is 0 Å². The summed E-state index contributed by atoms with van der Waals surface area (Å²) in [5, 5.41) is 11.6. The van der Waals surface area contributed by atoms with Gasteiger partial charge in [-0.2, -0.15) is 20.1 Å². The second kappa shape index (κ2) is 10.4. The largest absolute Gasteiger partial charge is 0.573 e. The molecular formula is C23H15ClF4N6O. The molecule has 0 saturated carbocycles. The summed E-state index contributed by atoms with van der Waals surface area (Å²) in [5.74, 6) is -0.542. The summed E-state index contributed by atoms with van der Waals surface area (Å²) in [4.78, 5) is 12.8. The zero-order valence-corrected chi connectivity index (χ0v) is 18.4. The van der Waals surface area contributed by atoms with E-state index in [0.29, 0.717) is 21.8 Å². The Labute approximate surface area is 201 Å². The van der Waals surface area contributed by atoms with Crippen molar-refractivity contribution in [3.63, 3.8) is 0 Å². The number of benzene rings is 3. The van der Waals surface area contributed by atoms with Crippen LogP contribution in [-0.4, -0.2) is 21.3 Å². The van der Waals surface area contributed by atoms with E-state index in [2.05, 4.69) is 35.2 Å². The summed E-state index contributed by atoms with van der Waals surface area (Å²) < 4.78 is 54.4. The third-order valence-corrected chi connectivity index (χ3v) is 4.63. The number of hydrogen-bond donors (Lipinski definition) is 1. The fraction of sp³-hybridized carbons (Fsp3) is 0.0870. The zero-order valence-electron chi connectivity index (χ0n) is 17.7. The van der Waals surface area contributed by atoms with Crippen LogP contribution in [0.2, 0.25) is 5.02 Å². The average molecular weight is 503 g/mol. The van der Waals surface area contributed by atoms with E-state index in [9.17, 15) is 17.6 Å². The molecule has 0 fully saturated rings. The molecule has 0 aliphatic rings. The van der Waals surface area contributed by atoms with Crippen molar-refractivity contribution in [2.45, 2.75) is 12.9 Å². The Kier molecular flexibility index (Phi) is 7.16. The number of ether oxygens (including phenoxy) is 1. The number of rotatable bonds is 7. The predicted octanol–water partition coefficient (Wildman–Crippen LogP) is 7.26. The van der Waals surface area contributed by atoms with Gasteiger partial charge in [-0.15, -0.1) is 18.3 Å². The van der Waals surface area contributed by atoms with Crippen molar-refractivity contribution in [2.75, 3.05) is 5.32 Å². The maximum Gasteiger partial charge on any atom is 0.573 e. The lowest BCUT2D eigenvalue weighted by atomic mass is 10.2. The highest BCUT2D eigenvalue weighted by atomic mass is 35.5. The first-order valence-corrected chi connectivity index (χ1v) is 10.4. The van der Waals surface area contributed by atoms with E-state index in [-0.39, 0.29) is 30.0 Å². The number of hydrogen-bond acceptors (Lipinski definition) is 7. The molecule has 0 aliphatic carbocycles. The fourth-order valence-electron chi connectivity index (χ4n) is 2.86. The first-order chi connectivity index (χ1) is 16.7. The van der Waals surface area contributed by atoms with Crippen LogP contribution in [0.15, 0.2) is 83.0 Å². The molecule has 1 aromatic heterocycles. The van der Waals surface area contributed by atoms with E-state index in [1.54, 1.807) is 30.3 Å². The van der Waals surface area contributed by atoms with Crippen LogP contribution < -0.4 is 10.1 Å². The smallest absolute Gasteiger partial charge is 0.406 e. The molecule has 1 N–H and O–H groups in total. The van der Waals surface area contributed by atoms with E-state index >= 15 is 0 Å². The van der Waals surface area contributed by atoms with Gasteiger partial charge in [0.2, 0.25) is 5.95 Å². The molecule has 4 rings (SSSR count). The Bertz CT molecular complexity index is 1330. The van der Waals surface area contributed by atoms with Gasteiger partial charge >= 0.3 is 6.36 Å². The van der Waals surface area contributed by atoms with Gasteiger partial charge in [0.05, 0.1) is 6.54 Å². The van der Waals surface area contributed by atoms with Crippen LogP contribution in [0.25, 0.3) is 11.4 Å². The molecule has 0 saturated heterocycles. The highest BCUT2D eigenvalue weighted by Gasteiger charge is 2.30. The maximum absolute atomic E-state index is 13.7. The van der Waals surface area contributed by atoms with Crippen LogP contribution >= 0.6 is 11.6 Å². The Morgan fingerprint density at radius 3 is 2.34 bits per heavy atom. The number of nitrogens with zero attached hydrogens (tertiary/aromatic N) is 5. The Morgan fingerprint density at radius 1 is 0.914 bits per heavy atom. The summed E-state index contributed by atoms with van der Waals surface area (Å²) in [6.45, 7) is 0.0488. The lowest BCUT2D eigenvalue weighted by molar-refractivity contribution is -0.274. The molecule has 0 amide bonds. The molecule has 4 aromatic rings. The summed E-state index contributed by atoms with van der Waals surface area (Å²) in [7, 11) is 0. The summed E-state index contributed by atoms with van der Waals surface area (Å²) in [6.07, 6.45) is -4.77. The van der Waals surface area contributed by atoms with Crippen LogP contribution in [0.5, 0.6) is 5.75 Å². The average Bonchev–Trinajstić information content (AvgIpc) is 2.81. The van der Waals surface area contributed by atoms with Crippen molar-refractivity contribution in [3.8, 4) is 17.1 Å². The van der Waals surface area contributed by atoms with Gasteiger partial charge in [0.1, 0.15) is 11.6 Å². The highest BCUT2D eigenvalue weighted by molar-refractivity contribution is 6.30. The fourth-order valence-corrected chi connectivity index (χ4v) is 2.99. The van der Waals surface area contributed by atoms with Gasteiger partial charge < -0.3 is 10.1 Å². The maximum atomic E-state index is 13.7. The van der Waals surface area contributed by atoms with Gasteiger partial charge in [-0.05, 0) is 54.1 Å². The highest BCUT2D eigenvalue weighted by Crippen LogP contribution is 2.24. The molecule has 0 radical (unpaired) electrons. The van der Waals surface area contributed by atoms with Gasteiger partial charge in [-0.25, -0.2) is 4.39 Å². The van der Waals surface area contributed by atoms with Gasteiger partial charge in [-0.3, -0.25) is 0 Å². The first-order valence-electron chi connectivity index (χ1n) is 10.0. The summed E-state index contributed by atoms with van der Waals surface area (Å²) in [6, 6.07) is 17.8. The molecule has 0 atom stereocenters. The first kappa shape index (κ1) is 24.0. The molecule has 0 aliphatic heterocycles. The van der Waals surface area contributed by atoms with Gasteiger partial charge in [0.25, 0.3) is 5.95 Å².